The molecule has 0 aliphatic carbocycles. The van der Waals surface area contributed by atoms with Crippen molar-refractivity contribution in [2.75, 3.05) is 5.01 Å². The molecule has 0 radical (unpaired) electrons. The Labute approximate surface area is 93.6 Å². The number of para-hydroxylation sites is 1. The van der Waals surface area contributed by atoms with Crippen LogP contribution < -0.4 is 5.01 Å². The second kappa shape index (κ2) is 4.04. The third-order valence-corrected chi connectivity index (χ3v) is 2.54. The zero-order chi connectivity index (χ0) is 11.7. The van der Waals surface area contributed by atoms with Crippen molar-refractivity contribution in [2.24, 2.45) is 11.0 Å². The Morgan fingerprint density at radius 3 is 2.62 bits per heavy atom. The average molecular weight is 220 g/mol. The van der Waals surface area contributed by atoms with Crippen LogP contribution in [0.4, 0.5) is 10.1 Å². The predicted molar refractivity (Wildman–Crippen MR) is 60.8 cm³/mol. The molecular weight excluding hydrogens is 207 g/mol. The van der Waals surface area contributed by atoms with Crippen LogP contribution in [0.15, 0.2) is 29.4 Å². The summed E-state index contributed by atoms with van der Waals surface area (Å²) in [5, 5.41) is 5.32. The quantitative estimate of drug-likeness (QED) is 0.754. The van der Waals surface area contributed by atoms with Gasteiger partial charge in [-0.05, 0) is 18.1 Å². The summed E-state index contributed by atoms with van der Waals surface area (Å²) < 4.78 is 13.5. The Balaban J connectivity index is 2.36. The molecule has 0 saturated carbocycles. The van der Waals surface area contributed by atoms with Gasteiger partial charge >= 0.3 is 0 Å². The monoisotopic (exact) mass is 220 g/mol. The van der Waals surface area contributed by atoms with Crippen LogP contribution in [0.5, 0.6) is 0 Å². The topological polar surface area (TPSA) is 32.7 Å². The van der Waals surface area contributed by atoms with Gasteiger partial charge in [-0.3, -0.25) is 4.79 Å². The molecule has 3 nitrogen and oxygen atoms in total. The fourth-order valence-corrected chi connectivity index (χ4v) is 1.58. The smallest absolute Gasteiger partial charge is 0.253 e. The van der Waals surface area contributed by atoms with E-state index < -0.39 is 5.82 Å². The molecule has 1 heterocycles. The average Bonchev–Trinajstić information content (AvgIpc) is 2.61. The van der Waals surface area contributed by atoms with Crippen molar-refractivity contribution in [2.45, 2.75) is 20.3 Å². The first-order valence-corrected chi connectivity index (χ1v) is 5.24. The number of carbonyl (C=O) groups is 1. The van der Waals surface area contributed by atoms with E-state index >= 15 is 0 Å². The minimum atomic E-state index is -0.426. The number of carbonyl (C=O) groups excluding carboxylic acids is 1. The molecule has 1 aromatic carbocycles. The van der Waals surface area contributed by atoms with Crippen molar-refractivity contribution >= 4 is 17.3 Å². The molecule has 4 heteroatoms. The third kappa shape index (κ3) is 1.83. The molecule has 2 rings (SSSR count). The summed E-state index contributed by atoms with van der Waals surface area (Å²) >= 11 is 0. The third-order valence-electron chi connectivity index (χ3n) is 2.54. The van der Waals surface area contributed by atoms with E-state index in [2.05, 4.69) is 5.10 Å². The van der Waals surface area contributed by atoms with Crippen LogP contribution in [-0.4, -0.2) is 11.6 Å². The molecule has 0 spiro atoms. The standard InChI is InChI=1S/C12H13FN2O/c1-8(2)10-7-12(16)15(14-10)11-6-4-3-5-9(11)13/h3-6,8H,7H2,1-2H3. The first-order chi connectivity index (χ1) is 7.59. The number of rotatable bonds is 2. The molecule has 0 N–H and O–H groups in total. The highest BCUT2D eigenvalue weighted by Crippen LogP contribution is 2.24. The Morgan fingerprint density at radius 2 is 2.06 bits per heavy atom. The van der Waals surface area contributed by atoms with Crippen LogP contribution in [-0.2, 0) is 4.79 Å². The summed E-state index contributed by atoms with van der Waals surface area (Å²) in [4.78, 5) is 11.7. The first-order valence-electron chi connectivity index (χ1n) is 5.24. The SMILES string of the molecule is CC(C)C1=NN(c2ccccc2F)C(=O)C1. The number of halogens is 1. The fraction of sp³-hybridized carbons (Fsp3) is 0.333. The highest BCUT2D eigenvalue weighted by atomic mass is 19.1. The summed E-state index contributed by atoms with van der Waals surface area (Å²) in [6.45, 7) is 3.94. The van der Waals surface area contributed by atoms with Crippen molar-refractivity contribution in [1.29, 1.82) is 0 Å². The maximum atomic E-state index is 13.5. The van der Waals surface area contributed by atoms with Crippen molar-refractivity contribution in [3.05, 3.63) is 30.1 Å². The van der Waals surface area contributed by atoms with Gasteiger partial charge in [0.15, 0.2) is 0 Å². The lowest BCUT2D eigenvalue weighted by Crippen LogP contribution is -2.20. The normalized spacial score (nSPS) is 15.9. The number of hydrazone groups is 1. The number of benzene rings is 1. The van der Waals surface area contributed by atoms with E-state index in [1.807, 2.05) is 13.8 Å². The van der Waals surface area contributed by atoms with Gasteiger partial charge in [0.2, 0.25) is 0 Å². The molecule has 1 aliphatic rings. The Morgan fingerprint density at radius 1 is 1.38 bits per heavy atom. The van der Waals surface area contributed by atoms with Gasteiger partial charge in [0, 0.05) is 0 Å². The Hall–Kier alpha value is -1.71. The van der Waals surface area contributed by atoms with E-state index in [4.69, 9.17) is 0 Å². The van der Waals surface area contributed by atoms with Crippen molar-refractivity contribution in [3.63, 3.8) is 0 Å². The van der Waals surface area contributed by atoms with Crippen molar-refractivity contribution < 1.29 is 9.18 Å². The zero-order valence-electron chi connectivity index (χ0n) is 9.27. The molecule has 0 saturated heterocycles. The second-order valence-corrected chi connectivity index (χ2v) is 4.08. The molecule has 0 unspecified atom stereocenters. The molecule has 1 amide bonds. The minimum absolute atomic E-state index is 0.172. The van der Waals surface area contributed by atoms with Crippen LogP contribution in [0.1, 0.15) is 20.3 Å². The second-order valence-electron chi connectivity index (χ2n) is 4.08. The zero-order valence-corrected chi connectivity index (χ0v) is 9.27. The number of amides is 1. The van der Waals surface area contributed by atoms with E-state index in [1.165, 1.54) is 6.07 Å². The van der Waals surface area contributed by atoms with E-state index in [-0.39, 0.29) is 23.9 Å². The summed E-state index contributed by atoms with van der Waals surface area (Å²) in [7, 11) is 0. The van der Waals surface area contributed by atoms with Crippen molar-refractivity contribution in [3.8, 4) is 0 Å². The molecule has 0 bridgehead atoms. The van der Waals surface area contributed by atoms with E-state index in [9.17, 15) is 9.18 Å². The molecule has 1 aliphatic heterocycles. The van der Waals surface area contributed by atoms with Crippen LogP contribution in [0.3, 0.4) is 0 Å². The largest absolute Gasteiger partial charge is 0.272 e. The number of hydrogen-bond donors (Lipinski definition) is 0. The van der Waals surface area contributed by atoms with Gasteiger partial charge in [-0.15, -0.1) is 0 Å². The van der Waals surface area contributed by atoms with Gasteiger partial charge in [-0.2, -0.15) is 10.1 Å². The number of hydrogen-bond acceptors (Lipinski definition) is 2. The lowest BCUT2D eigenvalue weighted by molar-refractivity contribution is -0.117. The van der Waals surface area contributed by atoms with Gasteiger partial charge < -0.3 is 0 Å². The maximum Gasteiger partial charge on any atom is 0.253 e. The number of anilines is 1. The number of nitrogens with zero attached hydrogens (tertiary/aromatic N) is 2. The molecule has 0 aromatic heterocycles. The van der Waals surface area contributed by atoms with Crippen LogP contribution in [0.2, 0.25) is 0 Å². The molecule has 0 fully saturated rings. The van der Waals surface area contributed by atoms with Gasteiger partial charge in [-0.25, -0.2) is 4.39 Å². The molecule has 16 heavy (non-hydrogen) atoms. The van der Waals surface area contributed by atoms with E-state index in [0.717, 1.165) is 10.7 Å². The molecule has 1 aromatic rings. The summed E-state index contributed by atoms with van der Waals surface area (Å²) in [6.07, 6.45) is 0.284. The molecule has 0 atom stereocenters. The summed E-state index contributed by atoms with van der Waals surface area (Å²) in [6, 6.07) is 6.16. The van der Waals surface area contributed by atoms with E-state index in [1.54, 1.807) is 18.2 Å². The molecular formula is C12H13FN2O. The Kier molecular flexibility index (Phi) is 2.73. The van der Waals surface area contributed by atoms with Crippen LogP contribution >= 0.6 is 0 Å². The fourth-order valence-electron chi connectivity index (χ4n) is 1.58. The van der Waals surface area contributed by atoms with Gasteiger partial charge in [-0.1, -0.05) is 26.0 Å². The van der Waals surface area contributed by atoms with Crippen LogP contribution in [0.25, 0.3) is 0 Å². The lowest BCUT2D eigenvalue weighted by Gasteiger charge is -2.11. The lowest BCUT2D eigenvalue weighted by atomic mass is 10.1. The van der Waals surface area contributed by atoms with Crippen LogP contribution in [0, 0.1) is 11.7 Å². The minimum Gasteiger partial charge on any atom is -0.272 e. The van der Waals surface area contributed by atoms with Gasteiger partial charge in [0.1, 0.15) is 11.5 Å². The van der Waals surface area contributed by atoms with Gasteiger partial charge in [0.25, 0.3) is 5.91 Å². The maximum absolute atomic E-state index is 13.5. The highest BCUT2D eigenvalue weighted by Gasteiger charge is 2.28. The summed E-state index contributed by atoms with van der Waals surface area (Å²) in [5.74, 6) is -0.390. The summed E-state index contributed by atoms with van der Waals surface area (Å²) in [5.41, 5.74) is 1.02. The van der Waals surface area contributed by atoms with Crippen molar-refractivity contribution in [1.82, 2.24) is 0 Å². The first kappa shape index (κ1) is 10.8. The van der Waals surface area contributed by atoms with E-state index in [0.29, 0.717) is 0 Å². The molecule has 84 valence electrons. The highest BCUT2D eigenvalue weighted by molar-refractivity contribution is 6.13. The Bertz CT molecular complexity index is 454. The predicted octanol–water partition coefficient (Wildman–Crippen LogP) is 2.57. The van der Waals surface area contributed by atoms with Gasteiger partial charge in [0.05, 0.1) is 12.1 Å².